The number of anilines is 1. The van der Waals surface area contributed by atoms with Crippen LogP contribution in [0.5, 0.6) is 0 Å². The normalized spacial score (nSPS) is 15.3. The Morgan fingerprint density at radius 1 is 1.09 bits per heavy atom. The Kier molecular flexibility index (Phi) is 3.63. The lowest BCUT2D eigenvalue weighted by Crippen LogP contribution is -2.36. The predicted molar refractivity (Wildman–Crippen MR) is 89.4 cm³/mol. The first-order valence-corrected chi connectivity index (χ1v) is 7.91. The number of benzene rings is 1. The molecule has 1 aromatic carbocycles. The number of hydrogen-bond acceptors (Lipinski definition) is 5. The fourth-order valence-corrected chi connectivity index (χ4v) is 2.92. The summed E-state index contributed by atoms with van der Waals surface area (Å²) >= 11 is 6.16. The molecule has 1 aliphatic heterocycles. The van der Waals surface area contributed by atoms with Crippen LogP contribution < -0.4 is 4.90 Å². The number of fused-ring (bicyclic) bond motifs is 1. The molecule has 23 heavy (non-hydrogen) atoms. The van der Waals surface area contributed by atoms with E-state index in [-0.39, 0.29) is 5.28 Å². The summed E-state index contributed by atoms with van der Waals surface area (Å²) in [6.45, 7) is 5.02. The van der Waals surface area contributed by atoms with Gasteiger partial charge in [0.1, 0.15) is 5.82 Å². The second kappa shape index (κ2) is 5.79. The van der Waals surface area contributed by atoms with Gasteiger partial charge in [-0.25, -0.2) is 4.68 Å². The number of rotatable bonds is 2. The molecule has 0 unspecified atom stereocenters. The van der Waals surface area contributed by atoms with E-state index in [9.17, 15) is 0 Å². The van der Waals surface area contributed by atoms with Gasteiger partial charge in [0, 0.05) is 13.1 Å². The molecule has 118 valence electrons. The van der Waals surface area contributed by atoms with Gasteiger partial charge in [0.15, 0.2) is 5.65 Å². The Bertz CT molecular complexity index is 840. The van der Waals surface area contributed by atoms with Gasteiger partial charge in [-0.2, -0.15) is 15.1 Å². The highest BCUT2D eigenvalue weighted by Crippen LogP contribution is 2.27. The van der Waals surface area contributed by atoms with E-state index in [1.54, 1.807) is 10.9 Å². The van der Waals surface area contributed by atoms with Crippen molar-refractivity contribution < 1.29 is 4.74 Å². The Hall–Kier alpha value is -2.18. The summed E-state index contributed by atoms with van der Waals surface area (Å²) in [5, 5.41) is 5.62. The van der Waals surface area contributed by atoms with Gasteiger partial charge in [-0.3, -0.25) is 0 Å². The minimum Gasteiger partial charge on any atom is -0.378 e. The topological polar surface area (TPSA) is 56.1 Å². The minimum atomic E-state index is 0.229. The molecule has 6 nitrogen and oxygen atoms in total. The lowest BCUT2D eigenvalue weighted by atomic mass is 10.2. The molecule has 1 fully saturated rings. The van der Waals surface area contributed by atoms with Crippen LogP contribution in [-0.4, -0.2) is 46.1 Å². The number of morpholine rings is 1. The Labute approximate surface area is 138 Å². The zero-order chi connectivity index (χ0) is 15.8. The van der Waals surface area contributed by atoms with Crippen molar-refractivity contribution >= 4 is 28.5 Å². The van der Waals surface area contributed by atoms with E-state index in [0.717, 1.165) is 35.6 Å². The molecule has 2 aromatic heterocycles. The molecule has 4 rings (SSSR count). The summed E-state index contributed by atoms with van der Waals surface area (Å²) in [5.41, 5.74) is 2.87. The molecule has 0 spiro atoms. The quantitative estimate of drug-likeness (QED) is 0.676. The van der Waals surface area contributed by atoms with Gasteiger partial charge in [0.2, 0.25) is 5.28 Å². The molecule has 0 bridgehead atoms. The standard InChI is InChI=1S/C16H16ClN5O/c1-11-2-4-12(5-3-11)22-15-13(10-18-22)14(19-16(17)20-15)21-6-8-23-9-7-21/h2-5,10H,6-9H2,1H3. The van der Waals surface area contributed by atoms with Gasteiger partial charge in [-0.1, -0.05) is 17.7 Å². The van der Waals surface area contributed by atoms with Crippen molar-refractivity contribution in [2.24, 2.45) is 0 Å². The van der Waals surface area contributed by atoms with Crippen LogP contribution in [-0.2, 0) is 4.74 Å². The highest BCUT2D eigenvalue weighted by molar-refractivity contribution is 6.28. The number of ether oxygens (including phenoxy) is 1. The maximum absolute atomic E-state index is 6.16. The number of nitrogens with zero attached hydrogens (tertiary/aromatic N) is 5. The second-order valence-electron chi connectivity index (χ2n) is 5.54. The van der Waals surface area contributed by atoms with Gasteiger partial charge in [-0.05, 0) is 30.7 Å². The molecule has 0 saturated carbocycles. The van der Waals surface area contributed by atoms with Crippen LogP contribution in [0.25, 0.3) is 16.7 Å². The van der Waals surface area contributed by atoms with E-state index in [4.69, 9.17) is 16.3 Å². The van der Waals surface area contributed by atoms with E-state index in [1.807, 2.05) is 12.1 Å². The third-order valence-electron chi connectivity index (χ3n) is 3.97. The number of aromatic nitrogens is 4. The number of halogens is 1. The highest BCUT2D eigenvalue weighted by atomic mass is 35.5. The highest BCUT2D eigenvalue weighted by Gasteiger charge is 2.20. The molecule has 3 heterocycles. The van der Waals surface area contributed by atoms with Crippen molar-refractivity contribution in [3.63, 3.8) is 0 Å². The first kappa shape index (κ1) is 14.4. The Morgan fingerprint density at radius 3 is 2.57 bits per heavy atom. The number of aryl methyl sites for hydroxylation is 1. The molecule has 0 aliphatic carbocycles. The van der Waals surface area contributed by atoms with Gasteiger partial charge < -0.3 is 9.64 Å². The van der Waals surface area contributed by atoms with Gasteiger partial charge >= 0.3 is 0 Å². The molecular weight excluding hydrogens is 314 g/mol. The van der Waals surface area contributed by atoms with Crippen LogP contribution in [0.2, 0.25) is 5.28 Å². The van der Waals surface area contributed by atoms with E-state index in [2.05, 4.69) is 39.0 Å². The van der Waals surface area contributed by atoms with Crippen molar-refractivity contribution in [3.05, 3.63) is 41.3 Å². The lowest BCUT2D eigenvalue weighted by molar-refractivity contribution is 0.122. The zero-order valence-electron chi connectivity index (χ0n) is 12.7. The van der Waals surface area contributed by atoms with Crippen molar-refractivity contribution in [1.29, 1.82) is 0 Å². The van der Waals surface area contributed by atoms with Crippen LogP contribution in [0, 0.1) is 6.92 Å². The molecule has 3 aromatic rings. The van der Waals surface area contributed by atoms with Crippen molar-refractivity contribution in [2.45, 2.75) is 6.92 Å². The summed E-state index contributed by atoms with van der Waals surface area (Å²) in [7, 11) is 0. The van der Waals surface area contributed by atoms with Crippen molar-refractivity contribution in [3.8, 4) is 5.69 Å². The number of hydrogen-bond donors (Lipinski definition) is 0. The zero-order valence-corrected chi connectivity index (χ0v) is 13.5. The smallest absolute Gasteiger partial charge is 0.226 e. The van der Waals surface area contributed by atoms with Crippen molar-refractivity contribution in [1.82, 2.24) is 19.7 Å². The Morgan fingerprint density at radius 2 is 1.83 bits per heavy atom. The van der Waals surface area contributed by atoms with Crippen LogP contribution >= 0.6 is 11.6 Å². The fraction of sp³-hybridized carbons (Fsp3) is 0.312. The molecular formula is C16H16ClN5O. The summed E-state index contributed by atoms with van der Waals surface area (Å²) in [6, 6.07) is 8.14. The average Bonchev–Trinajstić information content (AvgIpc) is 2.99. The summed E-state index contributed by atoms with van der Waals surface area (Å²) in [6.07, 6.45) is 1.80. The fourth-order valence-electron chi connectivity index (χ4n) is 2.76. The van der Waals surface area contributed by atoms with Crippen LogP contribution in [0.1, 0.15) is 5.56 Å². The van der Waals surface area contributed by atoms with Crippen LogP contribution in [0.3, 0.4) is 0 Å². The first-order chi connectivity index (χ1) is 11.2. The molecule has 0 atom stereocenters. The van der Waals surface area contributed by atoms with Crippen molar-refractivity contribution in [2.75, 3.05) is 31.2 Å². The van der Waals surface area contributed by atoms with Gasteiger partial charge in [-0.15, -0.1) is 0 Å². The van der Waals surface area contributed by atoms with E-state index in [0.29, 0.717) is 13.2 Å². The predicted octanol–water partition coefficient (Wildman–Crippen LogP) is 2.61. The molecule has 7 heteroatoms. The van der Waals surface area contributed by atoms with E-state index >= 15 is 0 Å². The monoisotopic (exact) mass is 329 g/mol. The third kappa shape index (κ3) is 2.64. The largest absolute Gasteiger partial charge is 0.378 e. The van der Waals surface area contributed by atoms with Gasteiger partial charge in [0.25, 0.3) is 0 Å². The second-order valence-corrected chi connectivity index (χ2v) is 5.88. The molecule has 0 amide bonds. The van der Waals surface area contributed by atoms with Gasteiger partial charge in [0.05, 0.1) is 30.5 Å². The third-order valence-corrected chi connectivity index (χ3v) is 4.14. The maximum Gasteiger partial charge on any atom is 0.226 e. The maximum atomic E-state index is 6.16. The SMILES string of the molecule is Cc1ccc(-n2ncc3c(N4CCOCC4)nc(Cl)nc32)cc1. The molecule has 0 N–H and O–H groups in total. The first-order valence-electron chi connectivity index (χ1n) is 7.53. The van der Waals surface area contributed by atoms with Crippen LogP contribution in [0.4, 0.5) is 5.82 Å². The summed E-state index contributed by atoms with van der Waals surface area (Å²) in [5.74, 6) is 0.821. The average molecular weight is 330 g/mol. The molecule has 1 saturated heterocycles. The lowest BCUT2D eigenvalue weighted by Gasteiger charge is -2.28. The summed E-state index contributed by atoms with van der Waals surface area (Å²) < 4.78 is 7.21. The molecule has 1 aliphatic rings. The summed E-state index contributed by atoms with van der Waals surface area (Å²) in [4.78, 5) is 11.0. The molecule has 0 radical (unpaired) electrons. The minimum absolute atomic E-state index is 0.229. The van der Waals surface area contributed by atoms with E-state index in [1.165, 1.54) is 5.56 Å². The van der Waals surface area contributed by atoms with Crippen LogP contribution in [0.15, 0.2) is 30.5 Å². The Balaban J connectivity index is 1.85. The van der Waals surface area contributed by atoms with E-state index < -0.39 is 0 Å².